The molecule has 0 aliphatic carbocycles. The van der Waals surface area contributed by atoms with Gasteiger partial charge in [-0.05, 0) is 19.1 Å². The van der Waals surface area contributed by atoms with Crippen LogP contribution in [0.5, 0.6) is 0 Å². The summed E-state index contributed by atoms with van der Waals surface area (Å²) in [6.45, 7) is 1.28. The lowest BCUT2D eigenvalue weighted by atomic mass is 10.2. The van der Waals surface area contributed by atoms with Crippen molar-refractivity contribution in [2.75, 3.05) is 6.26 Å². The van der Waals surface area contributed by atoms with Crippen LogP contribution in [-0.4, -0.2) is 36.6 Å². The molecule has 0 spiro atoms. The Kier molecular flexibility index (Phi) is 4.85. The SMILES string of the molecule is Cc1oc(-c2cccc(F)c2F)nc1C(=O)N(OS(C)(=O)=O)C(=N)N. The highest BCUT2D eigenvalue weighted by molar-refractivity contribution is 7.85. The average molecular weight is 374 g/mol. The molecule has 0 aliphatic heterocycles. The van der Waals surface area contributed by atoms with Gasteiger partial charge in [-0.3, -0.25) is 10.2 Å². The van der Waals surface area contributed by atoms with Crippen LogP contribution in [-0.2, 0) is 14.4 Å². The van der Waals surface area contributed by atoms with E-state index >= 15 is 0 Å². The second-order valence-electron chi connectivity index (χ2n) is 4.79. The number of benzene rings is 1. The number of aromatic nitrogens is 1. The van der Waals surface area contributed by atoms with Crippen molar-refractivity contribution in [3.63, 3.8) is 0 Å². The number of hydroxylamine groups is 2. The van der Waals surface area contributed by atoms with Crippen LogP contribution in [0.1, 0.15) is 16.2 Å². The normalized spacial score (nSPS) is 11.4. The van der Waals surface area contributed by atoms with E-state index in [-0.39, 0.29) is 16.4 Å². The Morgan fingerprint density at radius 2 is 2.04 bits per heavy atom. The molecule has 0 fully saturated rings. The van der Waals surface area contributed by atoms with Crippen LogP contribution in [0.4, 0.5) is 8.78 Å². The van der Waals surface area contributed by atoms with Crippen molar-refractivity contribution in [1.29, 1.82) is 5.41 Å². The van der Waals surface area contributed by atoms with Crippen molar-refractivity contribution in [2.24, 2.45) is 5.73 Å². The Bertz CT molecular complexity index is 957. The Morgan fingerprint density at radius 1 is 1.40 bits per heavy atom. The highest BCUT2D eigenvalue weighted by atomic mass is 32.2. The van der Waals surface area contributed by atoms with E-state index in [0.717, 1.165) is 6.07 Å². The first-order chi connectivity index (χ1) is 11.5. The molecule has 2 rings (SSSR count). The number of rotatable bonds is 4. The van der Waals surface area contributed by atoms with E-state index in [1.807, 2.05) is 0 Å². The van der Waals surface area contributed by atoms with Gasteiger partial charge in [-0.2, -0.15) is 8.42 Å². The molecular weight excluding hydrogens is 362 g/mol. The number of hydrogen-bond acceptors (Lipinski definition) is 7. The van der Waals surface area contributed by atoms with Crippen molar-refractivity contribution < 1.29 is 30.7 Å². The Morgan fingerprint density at radius 3 is 2.60 bits per heavy atom. The van der Waals surface area contributed by atoms with Crippen molar-refractivity contribution in [2.45, 2.75) is 6.92 Å². The van der Waals surface area contributed by atoms with Gasteiger partial charge in [0.25, 0.3) is 10.1 Å². The van der Waals surface area contributed by atoms with Gasteiger partial charge < -0.3 is 10.2 Å². The molecule has 2 aromatic rings. The van der Waals surface area contributed by atoms with E-state index in [1.165, 1.54) is 19.1 Å². The van der Waals surface area contributed by atoms with Crippen molar-refractivity contribution >= 4 is 22.0 Å². The van der Waals surface area contributed by atoms with E-state index in [0.29, 0.717) is 6.26 Å². The van der Waals surface area contributed by atoms with Crippen LogP contribution < -0.4 is 5.73 Å². The summed E-state index contributed by atoms with van der Waals surface area (Å²) >= 11 is 0. The first-order valence-electron chi connectivity index (χ1n) is 6.51. The van der Waals surface area contributed by atoms with Crippen LogP contribution >= 0.6 is 0 Å². The standard InChI is InChI=1S/C13H12F2N4O5S/c1-6-10(12(20)19(13(16)17)24-25(2,21)22)18-11(23-6)7-4-3-5-8(14)9(7)15/h3-5H,1-2H3,(H3,16,17). The van der Waals surface area contributed by atoms with Gasteiger partial charge in [0.05, 0.1) is 11.8 Å². The summed E-state index contributed by atoms with van der Waals surface area (Å²) in [5.74, 6) is -5.21. The molecule has 9 nitrogen and oxygen atoms in total. The average Bonchev–Trinajstić information content (AvgIpc) is 2.87. The maximum absolute atomic E-state index is 13.8. The second kappa shape index (κ2) is 6.57. The van der Waals surface area contributed by atoms with Crippen molar-refractivity contribution in [3.8, 4) is 11.5 Å². The fraction of sp³-hybridized carbons (Fsp3) is 0.154. The van der Waals surface area contributed by atoms with Gasteiger partial charge in [-0.1, -0.05) is 6.07 Å². The van der Waals surface area contributed by atoms with Gasteiger partial charge in [-0.25, -0.2) is 13.8 Å². The largest absolute Gasteiger partial charge is 0.440 e. The van der Waals surface area contributed by atoms with E-state index in [4.69, 9.17) is 15.6 Å². The summed E-state index contributed by atoms with van der Waals surface area (Å²) < 4.78 is 58.9. The number of aryl methyl sites for hydroxylation is 1. The summed E-state index contributed by atoms with van der Waals surface area (Å²) in [7, 11) is -4.18. The third-order valence-electron chi connectivity index (χ3n) is 2.79. The number of nitrogens with one attached hydrogen (secondary N) is 1. The molecule has 0 saturated carbocycles. The zero-order valence-electron chi connectivity index (χ0n) is 12.9. The number of nitrogens with zero attached hydrogens (tertiary/aromatic N) is 2. The van der Waals surface area contributed by atoms with Gasteiger partial charge in [0.1, 0.15) is 5.76 Å². The lowest BCUT2D eigenvalue weighted by Crippen LogP contribution is -2.42. The zero-order chi connectivity index (χ0) is 18.9. The summed E-state index contributed by atoms with van der Waals surface area (Å²) in [6, 6.07) is 3.27. The van der Waals surface area contributed by atoms with Crippen molar-refractivity contribution in [3.05, 3.63) is 41.3 Å². The molecular formula is C13H12F2N4O5S. The Balaban J connectivity index is 2.47. The molecule has 1 heterocycles. The van der Waals surface area contributed by atoms with E-state index in [9.17, 15) is 22.0 Å². The number of hydrogen-bond donors (Lipinski definition) is 2. The number of carbonyl (C=O) groups excluding carboxylic acids is 1. The molecule has 3 N–H and O–H groups in total. The van der Waals surface area contributed by atoms with Crippen molar-refractivity contribution in [1.82, 2.24) is 10.0 Å². The first-order valence-corrected chi connectivity index (χ1v) is 8.32. The predicted octanol–water partition coefficient (Wildman–Crippen LogP) is 1.16. The first kappa shape index (κ1) is 18.5. The molecule has 25 heavy (non-hydrogen) atoms. The minimum Gasteiger partial charge on any atom is -0.440 e. The highest BCUT2D eigenvalue weighted by Gasteiger charge is 2.30. The summed E-state index contributed by atoms with van der Waals surface area (Å²) in [6.07, 6.45) is 0.638. The zero-order valence-corrected chi connectivity index (χ0v) is 13.7. The molecule has 0 atom stereocenters. The van der Waals surface area contributed by atoms with Gasteiger partial charge in [0.15, 0.2) is 17.3 Å². The van der Waals surface area contributed by atoms with Crippen LogP contribution in [0.15, 0.2) is 22.6 Å². The maximum atomic E-state index is 13.8. The number of oxazole rings is 1. The molecule has 0 saturated heterocycles. The Labute approximate surface area is 140 Å². The van der Waals surface area contributed by atoms with Gasteiger partial charge >= 0.3 is 5.91 Å². The highest BCUT2D eigenvalue weighted by Crippen LogP contribution is 2.26. The topological polar surface area (TPSA) is 140 Å². The predicted molar refractivity (Wildman–Crippen MR) is 80.6 cm³/mol. The monoisotopic (exact) mass is 374 g/mol. The molecule has 0 aliphatic rings. The molecule has 0 bridgehead atoms. The molecule has 1 amide bonds. The van der Waals surface area contributed by atoms with Crippen LogP contribution in [0.25, 0.3) is 11.5 Å². The number of halogens is 2. The van der Waals surface area contributed by atoms with E-state index in [2.05, 4.69) is 9.27 Å². The smallest absolute Gasteiger partial charge is 0.308 e. The minimum absolute atomic E-state index is 0.0219. The second-order valence-corrected chi connectivity index (χ2v) is 6.35. The number of nitrogens with two attached hydrogens (primary N) is 1. The molecule has 0 unspecified atom stereocenters. The van der Waals surface area contributed by atoms with E-state index in [1.54, 1.807) is 0 Å². The summed E-state index contributed by atoms with van der Waals surface area (Å²) in [4.78, 5) is 16.0. The summed E-state index contributed by atoms with van der Waals surface area (Å²) in [5, 5.41) is 7.22. The van der Waals surface area contributed by atoms with Crippen LogP contribution in [0.3, 0.4) is 0 Å². The molecule has 1 aromatic carbocycles. The van der Waals surface area contributed by atoms with Crippen LogP contribution in [0, 0.1) is 24.0 Å². The molecule has 134 valence electrons. The van der Waals surface area contributed by atoms with Gasteiger partial charge in [0.2, 0.25) is 11.9 Å². The molecule has 12 heteroatoms. The van der Waals surface area contributed by atoms with Crippen LogP contribution in [0.2, 0.25) is 0 Å². The van der Waals surface area contributed by atoms with Gasteiger partial charge in [-0.15, -0.1) is 9.35 Å². The quantitative estimate of drug-likeness (QED) is 0.465. The fourth-order valence-corrected chi connectivity index (χ4v) is 2.21. The minimum atomic E-state index is -4.18. The summed E-state index contributed by atoms with van der Waals surface area (Å²) in [5.41, 5.74) is 4.29. The molecule has 0 radical (unpaired) electrons. The lowest BCUT2D eigenvalue weighted by Gasteiger charge is -2.16. The van der Waals surface area contributed by atoms with Gasteiger partial charge in [0, 0.05) is 0 Å². The third-order valence-corrected chi connectivity index (χ3v) is 3.21. The maximum Gasteiger partial charge on any atom is 0.308 e. The number of guanidine groups is 1. The lowest BCUT2D eigenvalue weighted by molar-refractivity contribution is 0.0194. The molecule has 1 aromatic heterocycles. The number of carbonyl (C=O) groups is 1. The third kappa shape index (κ3) is 3.97. The van der Waals surface area contributed by atoms with E-state index < -0.39 is 45.2 Å². The fourth-order valence-electron chi connectivity index (χ4n) is 1.79. The Hall–Kier alpha value is -2.86. The number of amides is 1.